The van der Waals surface area contributed by atoms with Crippen LogP contribution in [0, 0.1) is 0 Å². The number of aryl methyl sites for hydroxylation is 1. The van der Waals surface area contributed by atoms with Gasteiger partial charge >= 0.3 is 6.03 Å². The molecule has 9 heteroatoms. The van der Waals surface area contributed by atoms with E-state index in [4.69, 9.17) is 9.26 Å². The van der Waals surface area contributed by atoms with Gasteiger partial charge in [0.25, 0.3) is 5.91 Å². The number of carbonyl (C=O) groups excluding carboxylic acids is 2. The second kappa shape index (κ2) is 6.81. The highest BCUT2D eigenvalue weighted by Crippen LogP contribution is 2.45. The van der Waals surface area contributed by atoms with Crippen LogP contribution in [-0.2, 0) is 17.6 Å². The predicted octanol–water partition coefficient (Wildman–Crippen LogP) is 2.41. The molecule has 1 N–H and O–H groups in total. The molecule has 0 saturated carbocycles. The zero-order chi connectivity index (χ0) is 17.4. The SMILES string of the molecule is CSc1sc(C(=O)NC(=O)N2CCOCC2)c2c1-c1nocc1CC2. The maximum absolute atomic E-state index is 12.7. The third-order valence-corrected chi connectivity index (χ3v) is 6.76. The molecule has 25 heavy (non-hydrogen) atoms. The van der Waals surface area contributed by atoms with Crippen LogP contribution in [0.15, 0.2) is 15.0 Å². The highest BCUT2D eigenvalue weighted by Gasteiger charge is 2.31. The number of nitrogens with zero attached hydrogens (tertiary/aromatic N) is 2. The number of imide groups is 1. The molecule has 2 aliphatic rings. The number of fused-ring (bicyclic) bond motifs is 3. The number of rotatable bonds is 2. The van der Waals surface area contributed by atoms with E-state index in [-0.39, 0.29) is 11.9 Å². The molecule has 2 aromatic heterocycles. The van der Waals surface area contributed by atoms with Crippen molar-refractivity contribution >= 4 is 35.0 Å². The van der Waals surface area contributed by atoms with E-state index in [0.29, 0.717) is 31.2 Å². The minimum atomic E-state index is -0.362. The van der Waals surface area contributed by atoms with E-state index in [1.807, 2.05) is 6.26 Å². The molecule has 7 nitrogen and oxygen atoms in total. The number of amides is 3. The van der Waals surface area contributed by atoms with E-state index in [0.717, 1.165) is 39.4 Å². The first-order valence-electron chi connectivity index (χ1n) is 8.00. The molecule has 3 heterocycles. The van der Waals surface area contributed by atoms with Gasteiger partial charge in [0.2, 0.25) is 0 Å². The smallest absolute Gasteiger partial charge is 0.324 e. The Kier molecular flexibility index (Phi) is 4.53. The number of hydrogen-bond acceptors (Lipinski definition) is 7. The fourth-order valence-electron chi connectivity index (χ4n) is 3.15. The first-order chi connectivity index (χ1) is 12.2. The lowest BCUT2D eigenvalue weighted by atomic mass is 9.92. The standard InChI is InChI=1S/C16H17N3O4S2/c1-24-15-11-10(3-2-9-8-23-18-12(9)11)13(25-15)14(20)17-16(21)19-4-6-22-7-5-19/h8H,2-7H2,1H3,(H,17,20,21). The molecule has 1 saturated heterocycles. The third kappa shape index (κ3) is 2.96. The molecule has 2 aromatic rings. The minimum Gasteiger partial charge on any atom is -0.378 e. The summed E-state index contributed by atoms with van der Waals surface area (Å²) in [4.78, 5) is 27.2. The second-order valence-corrected chi connectivity index (χ2v) is 7.92. The fourth-order valence-corrected chi connectivity index (χ4v) is 5.13. The van der Waals surface area contributed by atoms with E-state index in [9.17, 15) is 9.59 Å². The number of carbonyl (C=O) groups is 2. The highest BCUT2D eigenvalue weighted by molar-refractivity contribution is 8.00. The number of thioether (sulfide) groups is 1. The summed E-state index contributed by atoms with van der Waals surface area (Å²) >= 11 is 2.99. The van der Waals surface area contributed by atoms with Gasteiger partial charge in [0.1, 0.15) is 12.0 Å². The summed E-state index contributed by atoms with van der Waals surface area (Å²) in [5.74, 6) is -0.343. The van der Waals surface area contributed by atoms with Gasteiger partial charge in [-0.2, -0.15) is 0 Å². The number of ether oxygens (including phenoxy) is 1. The van der Waals surface area contributed by atoms with E-state index >= 15 is 0 Å². The van der Waals surface area contributed by atoms with E-state index < -0.39 is 0 Å². The Morgan fingerprint density at radius 2 is 2.12 bits per heavy atom. The van der Waals surface area contributed by atoms with Crippen LogP contribution in [0.25, 0.3) is 11.3 Å². The summed E-state index contributed by atoms with van der Waals surface area (Å²) < 4.78 is 11.4. The average molecular weight is 379 g/mol. The number of thiophene rings is 1. The first-order valence-corrected chi connectivity index (χ1v) is 10.0. The summed E-state index contributed by atoms with van der Waals surface area (Å²) in [5, 5.41) is 6.63. The van der Waals surface area contributed by atoms with Crippen LogP contribution in [0.3, 0.4) is 0 Å². The summed E-state index contributed by atoms with van der Waals surface area (Å²) in [5.41, 5.74) is 3.83. The van der Waals surface area contributed by atoms with Crippen LogP contribution in [0.5, 0.6) is 0 Å². The Bertz CT molecular complexity index is 823. The maximum Gasteiger partial charge on any atom is 0.324 e. The summed E-state index contributed by atoms with van der Waals surface area (Å²) in [6.45, 7) is 2.00. The van der Waals surface area contributed by atoms with Crippen molar-refractivity contribution in [1.82, 2.24) is 15.4 Å². The minimum absolute atomic E-state index is 0.343. The number of morpholine rings is 1. The number of urea groups is 1. The largest absolute Gasteiger partial charge is 0.378 e. The lowest BCUT2D eigenvalue weighted by Crippen LogP contribution is -2.47. The molecule has 1 aliphatic heterocycles. The first kappa shape index (κ1) is 16.6. The molecule has 132 valence electrons. The number of hydrogen-bond donors (Lipinski definition) is 1. The molecule has 0 radical (unpaired) electrons. The maximum atomic E-state index is 12.7. The van der Waals surface area contributed by atoms with Crippen molar-refractivity contribution in [2.45, 2.75) is 17.1 Å². The Morgan fingerprint density at radius 3 is 2.88 bits per heavy atom. The Balaban J connectivity index is 1.61. The van der Waals surface area contributed by atoms with Gasteiger partial charge in [0.15, 0.2) is 0 Å². The van der Waals surface area contributed by atoms with Gasteiger partial charge in [0, 0.05) is 24.2 Å². The molecule has 4 rings (SSSR count). The number of aromatic nitrogens is 1. The van der Waals surface area contributed by atoms with Gasteiger partial charge in [-0.15, -0.1) is 23.1 Å². The zero-order valence-corrected chi connectivity index (χ0v) is 15.3. The average Bonchev–Trinajstić information content (AvgIpc) is 3.26. The van der Waals surface area contributed by atoms with Crippen LogP contribution in [0.2, 0.25) is 0 Å². The topological polar surface area (TPSA) is 84.7 Å². The summed E-state index contributed by atoms with van der Waals surface area (Å²) in [7, 11) is 0. The predicted molar refractivity (Wildman–Crippen MR) is 94.3 cm³/mol. The lowest BCUT2D eigenvalue weighted by molar-refractivity contribution is 0.0524. The van der Waals surface area contributed by atoms with Gasteiger partial charge in [-0.05, 0) is 24.7 Å². The molecule has 0 spiro atoms. The Morgan fingerprint density at radius 1 is 1.32 bits per heavy atom. The van der Waals surface area contributed by atoms with Crippen LogP contribution < -0.4 is 5.32 Å². The molecule has 0 atom stereocenters. The normalized spacial score (nSPS) is 16.3. The van der Waals surface area contributed by atoms with Crippen molar-refractivity contribution < 1.29 is 18.8 Å². The third-order valence-electron chi connectivity index (χ3n) is 4.41. The molecule has 0 unspecified atom stereocenters. The Hall–Kier alpha value is -1.84. The van der Waals surface area contributed by atoms with Crippen molar-refractivity contribution in [3.63, 3.8) is 0 Å². The molecule has 0 bridgehead atoms. The number of nitrogens with one attached hydrogen (secondary N) is 1. The van der Waals surface area contributed by atoms with Gasteiger partial charge in [-0.25, -0.2) is 4.79 Å². The Labute approximate surface area is 152 Å². The van der Waals surface area contributed by atoms with E-state index in [1.54, 1.807) is 22.9 Å². The van der Waals surface area contributed by atoms with Gasteiger partial charge < -0.3 is 14.2 Å². The quantitative estimate of drug-likeness (QED) is 0.807. The van der Waals surface area contributed by atoms with Gasteiger partial charge in [-0.1, -0.05) is 5.16 Å². The fraction of sp³-hybridized carbons (Fsp3) is 0.438. The molecular weight excluding hydrogens is 362 g/mol. The molecule has 3 amide bonds. The van der Waals surface area contributed by atoms with Crippen LogP contribution >= 0.6 is 23.1 Å². The van der Waals surface area contributed by atoms with Crippen molar-refractivity contribution in [1.29, 1.82) is 0 Å². The second-order valence-electron chi connectivity index (χ2n) is 5.82. The van der Waals surface area contributed by atoms with Crippen molar-refractivity contribution in [2.75, 3.05) is 32.6 Å². The van der Waals surface area contributed by atoms with E-state index in [2.05, 4.69) is 10.5 Å². The van der Waals surface area contributed by atoms with Crippen molar-refractivity contribution in [2.24, 2.45) is 0 Å². The van der Waals surface area contributed by atoms with Gasteiger partial charge in [0.05, 0.1) is 22.3 Å². The van der Waals surface area contributed by atoms with Crippen LogP contribution in [0.4, 0.5) is 4.79 Å². The molecule has 0 aromatic carbocycles. The highest BCUT2D eigenvalue weighted by atomic mass is 32.2. The summed E-state index contributed by atoms with van der Waals surface area (Å²) in [6, 6.07) is -0.362. The van der Waals surface area contributed by atoms with Crippen LogP contribution in [0.1, 0.15) is 20.8 Å². The molecule has 1 aliphatic carbocycles. The molecule has 1 fully saturated rings. The van der Waals surface area contributed by atoms with Crippen molar-refractivity contribution in [3.05, 3.63) is 22.3 Å². The lowest BCUT2D eigenvalue weighted by Gasteiger charge is -2.26. The van der Waals surface area contributed by atoms with Gasteiger partial charge in [-0.3, -0.25) is 10.1 Å². The monoisotopic (exact) mass is 379 g/mol. The summed E-state index contributed by atoms with van der Waals surface area (Å²) in [6.07, 6.45) is 5.17. The van der Waals surface area contributed by atoms with E-state index in [1.165, 1.54) is 11.3 Å². The van der Waals surface area contributed by atoms with Crippen molar-refractivity contribution in [3.8, 4) is 11.3 Å². The molecular formula is C16H17N3O4S2. The van der Waals surface area contributed by atoms with Crippen LogP contribution in [-0.4, -0.2) is 54.6 Å². The zero-order valence-electron chi connectivity index (χ0n) is 13.7.